The molecule has 2 aromatic carbocycles. The summed E-state index contributed by atoms with van der Waals surface area (Å²) in [7, 11) is 0. The highest BCUT2D eigenvalue weighted by Crippen LogP contribution is 2.34. The Morgan fingerprint density at radius 2 is 1.52 bits per heavy atom. The summed E-state index contributed by atoms with van der Waals surface area (Å²) >= 11 is 0. The van der Waals surface area contributed by atoms with Crippen molar-refractivity contribution < 1.29 is 17.0 Å². The molecule has 3 nitrogen and oxygen atoms in total. The van der Waals surface area contributed by atoms with Crippen LogP contribution in [0.25, 0.3) is 5.69 Å². The first kappa shape index (κ1) is 24.9. The second-order valence-electron chi connectivity index (χ2n) is 9.18. The molecule has 0 bridgehead atoms. The largest absolute Gasteiger partial charge is 1.00 e. The first-order chi connectivity index (χ1) is 14.2. The van der Waals surface area contributed by atoms with Crippen LogP contribution < -0.4 is 17.0 Å². The van der Waals surface area contributed by atoms with Crippen LogP contribution in [0, 0.1) is 20.8 Å². The Morgan fingerprint density at radius 3 is 2.03 bits per heavy atom. The number of hydrogen-bond donors (Lipinski definition) is 0. The summed E-state index contributed by atoms with van der Waals surface area (Å²) in [4.78, 5) is 5.11. The molecule has 4 heteroatoms. The van der Waals surface area contributed by atoms with E-state index in [1.54, 1.807) is 0 Å². The van der Waals surface area contributed by atoms with Crippen LogP contribution in [0.15, 0.2) is 54.0 Å². The average molecular weight is 438 g/mol. The average Bonchev–Trinajstić information content (AvgIpc) is 3.08. The SMILES string of the molecule is CC(C[n+]1ccn(-c2c(C)cc(C)cc2C)c1)=Nc1c(C(C)C)cccc1C(C)C.[Cl-]. The Hall–Kier alpha value is -2.39. The van der Waals surface area contributed by atoms with Gasteiger partial charge in [0.15, 0.2) is 0 Å². The number of hydrogen-bond acceptors (Lipinski definition) is 1. The maximum Gasteiger partial charge on any atom is 0.249 e. The molecule has 1 heterocycles. The topological polar surface area (TPSA) is 21.2 Å². The van der Waals surface area contributed by atoms with Crippen molar-refractivity contribution >= 4 is 11.4 Å². The molecule has 0 fully saturated rings. The van der Waals surface area contributed by atoms with Gasteiger partial charge < -0.3 is 12.4 Å². The number of nitrogens with zero attached hydrogens (tertiary/aromatic N) is 3. The van der Waals surface area contributed by atoms with E-state index in [0.29, 0.717) is 11.8 Å². The Labute approximate surface area is 194 Å². The maximum absolute atomic E-state index is 5.11. The molecule has 3 rings (SSSR count). The molecular formula is C27H36ClN3. The molecule has 3 aromatic rings. The van der Waals surface area contributed by atoms with Gasteiger partial charge in [0.05, 0.1) is 11.4 Å². The van der Waals surface area contributed by atoms with Crippen LogP contribution in [-0.4, -0.2) is 10.3 Å². The van der Waals surface area contributed by atoms with E-state index >= 15 is 0 Å². The third kappa shape index (κ3) is 5.65. The van der Waals surface area contributed by atoms with E-state index in [4.69, 9.17) is 4.99 Å². The number of rotatable bonds is 6. The van der Waals surface area contributed by atoms with Gasteiger partial charge in [-0.3, -0.25) is 4.99 Å². The number of aromatic nitrogens is 2. The summed E-state index contributed by atoms with van der Waals surface area (Å²) in [5.41, 5.74) is 10.1. The third-order valence-electron chi connectivity index (χ3n) is 5.64. The molecule has 0 radical (unpaired) electrons. The number of benzene rings is 2. The summed E-state index contributed by atoms with van der Waals surface area (Å²) < 4.78 is 4.43. The molecule has 0 aliphatic heterocycles. The molecule has 31 heavy (non-hydrogen) atoms. The minimum Gasteiger partial charge on any atom is -1.00 e. The van der Waals surface area contributed by atoms with Gasteiger partial charge in [-0.25, -0.2) is 9.13 Å². The van der Waals surface area contributed by atoms with E-state index in [-0.39, 0.29) is 12.4 Å². The van der Waals surface area contributed by atoms with E-state index in [0.717, 1.165) is 17.9 Å². The van der Waals surface area contributed by atoms with Gasteiger partial charge in [-0.2, -0.15) is 0 Å². The van der Waals surface area contributed by atoms with Gasteiger partial charge in [0.1, 0.15) is 24.6 Å². The van der Waals surface area contributed by atoms with Crippen LogP contribution in [0.2, 0.25) is 0 Å². The number of aryl methyl sites for hydroxylation is 3. The lowest BCUT2D eigenvalue weighted by Crippen LogP contribution is -3.00. The molecule has 1 aromatic heterocycles. The standard InChI is InChI=1S/C27H36N3.ClH/c1-18(2)24-10-9-11-25(19(3)4)26(24)28-23(8)16-29-12-13-30(17-29)27-21(6)14-20(5)15-22(27)7;/h9-15,17-19H,16H2,1-8H3;1H/q+1;/p-1. The number of imidazole rings is 1. The minimum absolute atomic E-state index is 0. The predicted molar refractivity (Wildman–Crippen MR) is 128 cm³/mol. The van der Waals surface area contributed by atoms with E-state index < -0.39 is 0 Å². The van der Waals surface area contributed by atoms with Crippen molar-refractivity contribution in [3.8, 4) is 5.69 Å². The van der Waals surface area contributed by atoms with Gasteiger partial charge in [0.25, 0.3) is 0 Å². The van der Waals surface area contributed by atoms with E-state index in [1.165, 1.54) is 33.5 Å². The Morgan fingerprint density at radius 1 is 0.968 bits per heavy atom. The van der Waals surface area contributed by atoms with Crippen molar-refractivity contribution in [3.05, 3.63) is 76.9 Å². The van der Waals surface area contributed by atoms with Crippen molar-refractivity contribution in [1.29, 1.82) is 0 Å². The van der Waals surface area contributed by atoms with Crippen LogP contribution in [-0.2, 0) is 6.54 Å². The van der Waals surface area contributed by atoms with Crippen LogP contribution in [0.5, 0.6) is 0 Å². The highest BCUT2D eigenvalue weighted by molar-refractivity contribution is 5.84. The Bertz CT molecular complexity index is 1020. The van der Waals surface area contributed by atoms with E-state index in [9.17, 15) is 0 Å². The molecule has 0 atom stereocenters. The van der Waals surface area contributed by atoms with Gasteiger partial charge in [-0.05, 0) is 61.8 Å². The minimum atomic E-state index is 0. The summed E-state index contributed by atoms with van der Waals surface area (Å²) in [6.07, 6.45) is 6.44. The molecule has 0 aliphatic carbocycles. The molecule has 0 spiro atoms. The second-order valence-corrected chi connectivity index (χ2v) is 9.18. The monoisotopic (exact) mass is 437 g/mol. The lowest BCUT2D eigenvalue weighted by atomic mass is 9.93. The van der Waals surface area contributed by atoms with Crippen LogP contribution in [0.1, 0.15) is 74.3 Å². The zero-order chi connectivity index (χ0) is 22.0. The van der Waals surface area contributed by atoms with Crippen molar-refractivity contribution in [2.24, 2.45) is 4.99 Å². The molecule has 0 N–H and O–H groups in total. The summed E-state index contributed by atoms with van der Waals surface area (Å²) in [6.45, 7) is 18.4. The lowest BCUT2D eigenvalue weighted by Gasteiger charge is -2.16. The zero-order valence-corrected chi connectivity index (χ0v) is 21.0. The third-order valence-corrected chi connectivity index (χ3v) is 5.64. The van der Waals surface area contributed by atoms with Gasteiger partial charge in [0, 0.05) is 0 Å². The fourth-order valence-electron chi connectivity index (χ4n) is 4.33. The van der Waals surface area contributed by atoms with Crippen molar-refractivity contribution in [1.82, 2.24) is 4.57 Å². The van der Waals surface area contributed by atoms with Crippen LogP contribution >= 0.6 is 0 Å². The fourth-order valence-corrected chi connectivity index (χ4v) is 4.33. The molecule has 0 aliphatic rings. The Balaban J connectivity index is 0.00000341. The highest BCUT2D eigenvalue weighted by atomic mass is 35.5. The highest BCUT2D eigenvalue weighted by Gasteiger charge is 2.16. The van der Waals surface area contributed by atoms with Gasteiger partial charge in [0.2, 0.25) is 6.33 Å². The van der Waals surface area contributed by atoms with Crippen molar-refractivity contribution in [3.63, 3.8) is 0 Å². The van der Waals surface area contributed by atoms with Gasteiger partial charge in [-0.15, -0.1) is 0 Å². The molecule has 0 saturated heterocycles. The van der Waals surface area contributed by atoms with E-state index in [2.05, 4.69) is 114 Å². The number of aliphatic imine (C=N–C) groups is 1. The second kappa shape index (κ2) is 10.3. The smallest absolute Gasteiger partial charge is 0.249 e. The zero-order valence-electron chi connectivity index (χ0n) is 20.2. The summed E-state index contributed by atoms with van der Waals surface area (Å²) in [5, 5.41) is 0. The normalized spacial score (nSPS) is 11.9. The maximum atomic E-state index is 5.11. The number of halogens is 1. The first-order valence-corrected chi connectivity index (χ1v) is 11.0. The first-order valence-electron chi connectivity index (χ1n) is 11.0. The summed E-state index contributed by atoms with van der Waals surface area (Å²) in [5.74, 6) is 0.910. The molecule has 0 unspecified atom stereocenters. The number of para-hydroxylation sites is 1. The van der Waals surface area contributed by atoms with Crippen molar-refractivity contribution in [2.45, 2.75) is 73.8 Å². The predicted octanol–water partition coefficient (Wildman–Crippen LogP) is 3.73. The van der Waals surface area contributed by atoms with E-state index in [1.807, 2.05) is 0 Å². The van der Waals surface area contributed by atoms with Crippen LogP contribution in [0.4, 0.5) is 5.69 Å². The van der Waals surface area contributed by atoms with Gasteiger partial charge >= 0.3 is 0 Å². The molecule has 166 valence electrons. The molecule has 0 saturated carbocycles. The van der Waals surface area contributed by atoms with Crippen molar-refractivity contribution in [2.75, 3.05) is 0 Å². The molecule has 0 amide bonds. The van der Waals surface area contributed by atoms with Crippen LogP contribution in [0.3, 0.4) is 0 Å². The summed E-state index contributed by atoms with van der Waals surface area (Å²) in [6, 6.07) is 11.1. The molecular weight excluding hydrogens is 402 g/mol. The lowest BCUT2D eigenvalue weighted by molar-refractivity contribution is -0.681. The van der Waals surface area contributed by atoms with Gasteiger partial charge in [-0.1, -0.05) is 63.6 Å². The Kier molecular flexibility index (Phi) is 8.25. The quantitative estimate of drug-likeness (QED) is 0.414. The fraction of sp³-hybridized carbons (Fsp3) is 0.407.